The normalized spacial score (nSPS) is 10.6. The topological polar surface area (TPSA) is 21.3 Å². The lowest BCUT2D eigenvalue weighted by molar-refractivity contribution is 0.0235. The molecule has 0 unspecified atom stereocenters. The van der Waals surface area contributed by atoms with Gasteiger partial charge in [-0.3, -0.25) is 4.84 Å². The second kappa shape index (κ2) is 6.50. The van der Waals surface area contributed by atoms with Crippen molar-refractivity contribution < 1.29 is 9.23 Å². The summed E-state index contributed by atoms with van der Waals surface area (Å²) in [6, 6.07) is 14.5. The van der Waals surface area contributed by atoms with Crippen molar-refractivity contribution in [2.75, 3.05) is 0 Å². The summed E-state index contributed by atoms with van der Waals surface area (Å²) in [7, 11) is 0. The number of rotatable bonds is 5. The molecule has 94 valence electrons. The van der Waals surface area contributed by atoms with Gasteiger partial charge in [-0.15, -0.1) is 0 Å². The van der Waals surface area contributed by atoms with Crippen LogP contribution >= 0.6 is 11.6 Å². The molecule has 0 saturated heterocycles. The van der Waals surface area contributed by atoms with Crippen LogP contribution in [0.3, 0.4) is 0 Å². The van der Waals surface area contributed by atoms with Crippen LogP contribution in [-0.2, 0) is 18.0 Å². The minimum absolute atomic E-state index is 0.129. The molecule has 18 heavy (non-hydrogen) atoms. The number of nitrogens with one attached hydrogen (secondary N) is 1. The number of hydrogen-bond acceptors (Lipinski definition) is 2. The third-order valence-electron chi connectivity index (χ3n) is 2.44. The third-order valence-corrected chi connectivity index (χ3v) is 2.75. The first-order valence-corrected chi connectivity index (χ1v) is 5.96. The van der Waals surface area contributed by atoms with Gasteiger partial charge < -0.3 is 0 Å². The molecular weight excluding hydrogens is 253 g/mol. The quantitative estimate of drug-likeness (QED) is 0.657. The van der Waals surface area contributed by atoms with E-state index in [4.69, 9.17) is 16.4 Å². The van der Waals surface area contributed by atoms with Gasteiger partial charge in [0.05, 0.1) is 11.6 Å². The molecule has 0 aromatic heterocycles. The predicted octanol–water partition coefficient (Wildman–Crippen LogP) is 3.70. The highest BCUT2D eigenvalue weighted by Gasteiger charge is 2.00. The van der Waals surface area contributed by atoms with Crippen LogP contribution in [0.2, 0.25) is 5.02 Å². The van der Waals surface area contributed by atoms with Gasteiger partial charge in [0.25, 0.3) is 0 Å². The van der Waals surface area contributed by atoms with Gasteiger partial charge in [-0.25, -0.2) is 4.39 Å². The Kier molecular flexibility index (Phi) is 4.70. The summed E-state index contributed by atoms with van der Waals surface area (Å²) in [5.41, 5.74) is 4.65. The van der Waals surface area contributed by atoms with E-state index in [1.165, 1.54) is 12.1 Å². The number of halogens is 2. The third kappa shape index (κ3) is 3.81. The van der Waals surface area contributed by atoms with Crippen LogP contribution in [0.25, 0.3) is 0 Å². The molecule has 0 aliphatic heterocycles. The van der Waals surface area contributed by atoms with E-state index in [1.54, 1.807) is 6.07 Å². The van der Waals surface area contributed by atoms with E-state index in [-0.39, 0.29) is 5.02 Å². The summed E-state index contributed by atoms with van der Waals surface area (Å²) in [6.45, 7) is 0.901. The van der Waals surface area contributed by atoms with Gasteiger partial charge in [-0.2, -0.15) is 5.48 Å². The van der Waals surface area contributed by atoms with Crippen LogP contribution in [-0.4, -0.2) is 0 Å². The van der Waals surface area contributed by atoms with Crippen molar-refractivity contribution in [3.8, 4) is 0 Å². The SMILES string of the molecule is Fc1cc(CNOCc2ccccc2)ccc1Cl. The van der Waals surface area contributed by atoms with Gasteiger partial charge in [0.15, 0.2) is 0 Å². The minimum atomic E-state index is -0.418. The number of hydroxylamine groups is 1. The Morgan fingerprint density at radius 3 is 2.56 bits per heavy atom. The van der Waals surface area contributed by atoms with Crippen LogP contribution in [0.5, 0.6) is 0 Å². The maximum absolute atomic E-state index is 13.2. The molecular formula is C14H13ClFNO. The molecule has 2 rings (SSSR count). The summed E-state index contributed by atoms with van der Waals surface area (Å²) in [5.74, 6) is -0.418. The van der Waals surface area contributed by atoms with Crippen molar-refractivity contribution in [3.05, 3.63) is 70.5 Å². The fraction of sp³-hybridized carbons (Fsp3) is 0.143. The van der Waals surface area contributed by atoms with Crippen molar-refractivity contribution in [1.82, 2.24) is 5.48 Å². The molecule has 0 heterocycles. The molecule has 2 aromatic rings. The lowest BCUT2D eigenvalue weighted by Crippen LogP contribution is -2.13. The summed E-state index contributed by atoms with van der Waals surface area (Å²) in [5, 5.41) is 0.129. The van der Waals surface area contributed by atoms with Gasteiger partial charge in [0, 0.05) is 6.54 Å². The fourth-order valence-corrected chi connectivity index (χ4v) is 1.61. The molecule has 0 spiro atoms. The molecule has 0 amide bonds. The molecule has 4 heteroatoms. The van der Waals surface area contributed by atoms with E-state index in [2.05, 4.69) is 5.48 Å². The van der Waals surface area contributed by atoms with Crippen molar-refractivity contribution in [3.63, 3.8) is 0 Å². The summed E-state index contributed by atoms with van der Waals surface area (Å²) >= 11 is 5.60. The average Bonchev–Trinajstić information content (AvgIpc) is 2.40. The highest BCUT2D eigenvalue weighted by molar-refractivity contribution is 6.30. The molecule has 0 aliphatic carbocycles. The maximum Gasteiger partial charge on any atom is 0.142 e. The zero-order valence-electron chi connectivity index (χ0n) is 9.70. The molecule has 0 atom stereocenters. The van der Waals surface area contributed by atoms with E-state index in [1.807, 2.05) is 30.3 Å². The Morgan fingerprint density at radius 2 is 1.83 bits per heavy atom. The Hall–Kier alpha value is -1.42. The van der Waals surface area contributed by atoms with E-state index in [0.717, 1.165) is 11.1 Å². The Labute approximate surface area is 110 Å². The first kappa shape index (κ1) is 13.0. The van der Waals surface area contributed by atoms with Crippen molar-refractivity contribution in [2.24, 2.45) is 0 Å². The molecule has 0 bridgehead atoms. The Bertz CT molecular complexity index is 504. The molecule has 2 nitrogen and oxygen atoms in total. The fourth-order valence-electron chi connectivity index (χ4n) is 1.49. The Balaban J connectivity index is 1.77. The molecule has 0 fully saturated rings. The maximum atomic E-state index is 13.2. The molecule has 0 saturated carbocycles. The average molecular weight is 266 g/mol. The summed E-state index contributed by atoms with van der Waals surface area (Å²) < 4.78 is 13.2. The number of hydrogen-bond donors (Lipinski definition) is 1. The molecule has 2 aromatic carbocycles. The summed E-state index contributed by atoms with van der Waals surface area (Å²) in [6.07, 6.45) is 0. The molecule has 1 N–H and O–H groups in total. The highest BCUT2D eigenvalue weighted by Crippen LogP contribution is 2.15. The van der Waals surface area contributed by atoms with Crippen molar-refractivity contribution >= 4 is 11.6 Å². The largest absolute Gasteiger partial charge is 0.297 e. The van der Waals surface area contributed by atoms with Gasteiger partial charge in [-0.05, 0) is 23.3 Å². The lowest BCUT2D eigenvalue weighted by Gasteiger charge is -2.06. The minimum Gasteiger partial charge on any atom is -0.297 e. The highest BCUT2D eigenvalue weighted by atomic mass is 35.5. The van der Waals surface area contributed by atoms with Gasteiger partial charge >= 0.3 is 0 Å². The lowest BCUT2D eigenvalue weighted by atomic mass is 10.2. The van der Waals surface area contributed by atoms with E-state index >= 15 is 0 Å². The van der Waals surface area contributed by atoms with Gasteiger partial charge in [-0.1, -0.05) is 48.0 Å². The van der Waals surface area contributed by atoms with Crippen LogP contribution in [0, 0.1) is 5.82 Å². The second-order valence-corrected chi connectivity index (χ2v) is 4.25. The summed E-state index contributed by atoms with van der Waals surface area (Å²) in [4.78, 5) is 5.29. The van der Waals surface area contributed by atoms with Crippen molar-refractivity contribution in [2.45, 2.75) is 13.2 Å². The monoisotopic (exact) mass is 265 g/mol. The van der Waals surface area contributed by atoms with Crippen LogP contribution in [0.1, 0.15) is 11.1 Å². The van der Waals surface area contributed by atoms with Crippen LogP contribution < -0.4 is 5.48 Å². The molecule has 0 radical (unpaired) electrons. The van der Waals surface area contributed by atoms with Crippen LogP contribution in [0.15, 0.2) is 48.5 Å². The zero-order chi connectivity index (χ0) is 12.8. The van der Waals surface area contributed by atoms with Gasteiger partial charge in [0.1, 0.15) is 5.82 Å². The standard InChI is InChI=1S/C14H13ClFNO/c15-13-7-6-12(8-14(13)16)9-17-18-10-11-4-2-1-3-5-11/h1-8,17H,9-10H2. The number of benzene rings is 2. The first-order valence-electron chi connectivity index (χ1n) is 5.58. The molecule has 0 aliphatic rings. The van der Waals surface area contributed by atoms with E-state index < -0.39 is 5.82 Å². The van der Waals surface area contributed by atoms with Crippen LogP contribution in [0.4, 0.5) is 4.39 Å². The Morgan fingerprint density at radius 1 is 1.06 bits per heavy atom. The zero-order valence-corrected chi connectivity index (χ0v) is 10.5. The van der Waals surface area contributed by atoms with E-state index in [0.29, 0.717) is 13.2 Å². The second-order valence-electron chi connectivity index (χ2n) is 3.84. The van der Waals surface area contributed by atoms with Crippen molar-refractivity contribution in [1.29, 1.82) is 0 Å². The first-order chi connectivity index (χ1) is 8.75. The predicted molar refractivity (Wildman–Crippen MR) is 69.5 cm³/mol. The smallest absolute Gasteiger partial charge is 0.142 e. The van der Waals surface area contributed by atoms with E-state index in [9.17, 15) is 4.39 Å². The van der Waals surface area contributed by atoms with Gasteiger partial charge in [0.2, 0.25) is 0 Å².